The molecule has 2 aliphatic rings. The van der Waals surface area contributed by atoms with E-state index < -0.39 is 41.9 Å². The first-order valence-corrected chi connectivity index (χ1v) is 15.0. The average Bonchev–Trinajstić information content (AvgIpc) is 3.49. The number of carbonyl (C=O) groups is 5. The van der Waals surface area contributed by atoms with Crippen LogP contribution in [0.3, 0.4) is 0 Å². The van der Waals surface area contributed by atoms with E-state index in [2.05, 4.69) is 16.0 Å². The molecule has 1 unspecified atom stereocenters. The van der Waals surface area contributed by atoms with Crippen molar-refractivity contribution in [2.24, 2.45) is 5.92 Å². The summed E-state index contributed by atoms with van der Waals surface area (Å²) in [6, 6.07) is 3.78. The fraction of sp³-hybridized carbons (Fsp3) is 0.633. The zero-order valence-corrected chi connectivity index (χ0v) is 24.8. The van der Waals surface area contributed by atoms with Gasteiger partial charge in [-0.05, 0) is 49.3 Å². The maximum atomic E-state index is 13.7. The van der Waals surface area contributed by atoms with Crippen LogP contribution in [0, 0.1) is 5.92 Å². The molecule has 12 nitrogen and oxygen atoms in total. The molecule has 2 fully saturated rings. The highest BCUT2D eigenvalue weighted by Crippen LogP contribution is 2.23. The number of nitrogens with one attached hydrogen (secondary N) is 4. The van der Waals surface area contributed by atoms with Crippen LogP contribution >= 0.6 is 0 Å². The second-order valence-electron chi connectivity index (χ2n) is 11.2. The number of amides is 5. The lowest BCUT2D eigenvalue weighted by atomic mass is 9.95. The molecule has 5 atom stereocenters. The Morgan fingerprint density at radius 2 is 1.67 bits per heavy atom. The van der Waals surface area contributed by atoms with Crippen molar-refractivity contribution in [2.45, 2.75) is 102 Å². The van der Waals surface area contributed by atoms with Crippen molar-refractivity contribution >= 4 is 29.5 Å². The molecule has 2 saturated heterocycles. The predicted octanol–water partition coefficient (Wildman–Crippen LogP) is 1.59. The molecule has 1 aromatic rings. The van der Waals surface area contributed by atoms with Crippen LogP contribution in [0.5, 0.6) is 5.75 Å². The fourth-order valence-corrected chi connectivity index (χ4v) is 5.48. The van der Waals surface area contributed by atoms with Crippen LogP contribution in [0.25, 0.3) is 0 Å². The van der Waals surface area contributed by atoms with Crippen molar-refractivity contribution in [1.82, 2.24) is 26.3 Å². The van der Waals surface area contributed by atoms with E-state index in [9.17, 15) is 24.0 Å². The number of benzene rings is 1. The van der Waals surface area contributed by atoms with Gasteiger partial charge < -0.3 is 25.6 Å². The third-order valence-electron chi connectivity index (χ3n) is 8.25. The highest BCUT2D eigenvalue weighted by atomic mass is 16.5. The van der Waals surface area contributed by atoms with Crippen LogP contribution in [0.2, 0.25) is 0 Å². The first-order valence-electron chi connectivity index (χ1n) is 15.0. The molecule has 12 heteroatoms. The first-order chi connectivity index (χ1) is 20.2. The molecule has 0 aromatic heterocycles. The van der Waals surface area contributed by atoms with Crippen molar-refractivity contribution in [2.75, 3.05) is 13.7 Å². The Morgan fingerprint density at radius 1 is 1.00 bits per heavy atom. The largest absolute Gasteiger partial charge is 0.497 e. The minimum atomic E-state index is -0.976. The van der Waals surface area contributed by atoms with E-state index >= 15 is 0 Å². The lowest BCUT2D eigenvalue weighted by molar-refractivity contribution is -0.144. The number of fused-ring (bicyclic) bond motifs is 1. The number of ether oxygens (including phenoxy) is 1. The zero-order valence-electron chi connectivity index (χ0n) is 24.8. The van der Waals surface area contributed by atoms with Crippen molar-refractivity contribution in [3.05, 3.63) is 29.8 Å². The van der Waals surface area contributed by atoms with Gasteiger partial charge in [0.15, 0.2) is 0 Å². The SMILES string of the molecule is CCC(C)[C@@H]1NC(=O)[C@@H](Cc2ccc(OC)cc2)NC(=O)[C@H](CCCCCCC(=O)NO)NC(=O)[C@H]2CCCN2C1=O. The third-order valence-corrected chi connectivity index (χ3v) is 8.25. The molecule has 3 rings (SSSR count). The lowest BCUT2D eigenvalue weighted by Gasteiger charge is -2.34. The van der Waals surface area contributed by atoms with Crippen molar-refractivity contribution in [3.63, 3.8) is 0 Å². The van der Waals surface area contributed by atoms with Gasteiger partial charge in [0.25, 0.3) is 0 Å². The number of hydrogen-bond acceptors (Lipinski definition) is 7. The molecule has 232 valence electrons. The second-order valence-corrected chi connectivity index (χ2v) is 11.2. The number of unbranched alkanes of at least 4 members (excludes halogenated alkanes) is 3. The van der Waals surface area contributed by atoms with E-state index in [-0.39, 0.29) is 30.6 Å². The Labute approximate surface area is 247 Å². The number of carbonyl (C=O) groups excluding carboxylic acids is 5. The molecule has 1 aromatic carbocycles. The van der Waals surface area contributed by atoms with E-state index in [1.165, 1.54) is 0 Å². The Bertz CT molecular complexity index is 1100. The average molecular weight is 588 g/mol. The van der Waals surface area contributed by atoms with E-state index in [1.807, 2.05) is 26.0 Å². The molecule has 0 spiro atoms. The fourth-order valence-electron chi connectivity index (χ4n) is 5.48. The van der Waals surface area contributed by atoms with Gasteiger partial charge in [-0.1, -0.05) is 51.7 Å². The summed E-state index contributed by atoms with van der Waals surface area (Å²) < 4.78 is 5.23. The number of rotatable bonds is 12. The van der Waals surface area contributed by atoms with Gasteiger partial charge in [-0.2, -0.15) is 0 Å². The molecule has 2 heterocycles. The Kier molecular flexibility index (Phi) is 12.6. The van der Waals surface area contributed by atoms with Crippen LogP contribution in [0.4, 0.5) is 0 Å². The maximum absolute atomic E-state index is 13.7. The lowest BCUT2D eigenvalue weighted by Crippen LogP contribution is -2.62. The summed E-state index contributed by atoms with van der Waals surface area (Å²) in [5.74, 6) is -1.55. The van der Waals surface area contributed by atoms with Gasteiger partial charge in [0, 0.05) is 19.4 Å². The highest BCUT2D eigenvalue weighted by Gasteiger charge is 2.41. The molecule has 0 aliphatic carbocycles. The summed E-state index contributed by atoms with van der Waals surface area (Å²) in [5, 5.41) is 17.3. The normalized spacial score (nSPS) is 24.0. The summed E-state index contributed by atoms with van der Waals surface area (Å²) in [7, 11) is 1.56. The van der Waals surface area contributed by atoms with Crippen molar-refractivity contribution in [1.29, 1.82) is 0 Å². The number of methoxy groups -OCH3 is 1. The minimum Gasteiger partial charge on any atom is -0.497 e. The standard InChI is InChI=1S/C30H45N5O7/c1-4-19(2)26-30(40)35-17-9-11-24(35)29(39)31-22(10-7-5-6-8-12-25(36)34-41)27(37)32-23(28(38)33-26)18-20-13-15-21(42-3)16-14-20/h13-16,19,22-24,26,41H,4-12,17-18H2,1-3H3,(H,31,39)(H,32,37)(H,33,38)(H,34,36)/t19?,22-,23+,24+,26-/m0/s1. The van der Waals surface area contributed by atoms with E-state index in [1.54, 1.807) is 29.6 Å². The molecule has 42 heavy (non-hydrogen) atoms. The van der Waals surface area contributed by atoms with Crippen LogP contribution in [-0.4, -0.2) is 77.5 Å². The van der Waals surface area contributed by atoms with Crippen LogP contribution < -0.4 is 26.2 Å². The number of nitrogens with zero attached hydrogens (tertiary/aromatic N) is 1. The van der Waals surface area contributed by atoms with Gasteiger partial charge in [0.1, 0.15) is 29.9 Å². The molecule has 5 N–H and O–H groups in total. The summed E-state index contributed by atoms with van der Waals surface area (Å²) in [6.07, 6.45) is 5.09. The molecule has 2 aliphatic heterocycles. The minimum absolute atomic E-state index is 0.178. The van der Waals surface area contributed by atoms with Crippen molar-refractivity contribution in [3.8, 4) is 5.75 Å². The summed E-state index contributed by atoms with van der Waals surface area (Å²) in [6.45, 7) is 4.24. The summed E-state index contributed by atoms with van der Waals surface area (Å²) in [4.78, 5) is 67.3. The summed E-state index contributed by atoms with van der Waals surface area (Å²) >= 11 is 0. The van der Waals surface area contributed by atoms with E-state index in [0.29, 0.717) is 63.7 Å². The Morgan fingerprint density at radius 3 is 2.33 bits per heavy atom. The predicted molar refractivity (Wildman–Crippen MR) is 154 cm³/mol. The molecule has 0 radical (unpaired) electrons. The Balaban J connectivity index is 1.84. The van der Waals surface area contributed by atoms with Gasteiger partial charge in [0.2, 0.25) is 29.5 Å². The molecule has 0 bridgehead atoms. The summed E-state index contributed by atoms with van der Waals surface area (Å²) in [5.41, 5.74) is 2.40. The molecule has 5 amide bonds. The third kappa shape index (κ3) is 8.91. The first kappa shape index (κ1) is 32.8. The quantitative estimate of drug-likeness (QED) is 0.141. The van der Waals surface area contributed by atoms with E-state index in [0.717, 1.165) is 5.56 Å². The number of hydroxylamine groups is 1. The zero-order chi connectivity index (χ0) is 30.6. The molecular formula is C30H45N5O7. The molecule has 0 saturated carbocycles. The number of hydrogen-bond donors (Lipinski definition) is 5. The Hall–Kier alpha value is -3.67. The van der Waals surface area contributed by atoms with Gasteiger partial charge in [-0.3, -0.25) is 29.2 Å². The van der Waals surface area contributed by atoms with Crippen LogP contribution in [0.15, 0.2) is 24.3 Å². The molecular weight excluding hydrogens is 542 g/mol. The van der Waals surface area contributed by atoms with E-state index in [4.69, 9.17) is 9.94 Å². The van der Waals surface area contributed by atoms with Crippen LogP contribution in [-0.2, 0) is 30.4 Å². The van der Waals surface area contributed by atoms with Crippen molar-refractivity contribution < 1.29 is 33.9 Å². The second kappa shape index (κ2) is 16.1. The van der Waals surface area contributed by atoms with Gasteiger partial charge >= 0.3 is 0 Å². The van der Waals surface area contributed by atoms with Gasteiger partial charge in [0.05, 0.1) is 7.11 Å². The van der Waals surface area contributed by atoms with Gasteiger partial charge in [-0.15, -0.1) is 0 Å². The highest BCUT2D eigenvalue weighted by molar-refractivity contribution is 5.98. The smallest absolute Gasteiger partial charge is 0.246 e. The topological polar surface area (TPSA) is 166 Å². The van der Waals surface area contributed by atoms with Crippen LogP contribution in [0.1, 0.15) is 77.2 Å². The monoisotopic (exact) mass is 587 g/mol. The maximum Gasteiger partial charge on any atom is 0.246 e. The van der Waals surface area contributed by atoms with Gasteiger partial charge in [-0.25, -0.2) is 5.48 Å².